The Hall–Kier alpha value is -3.20. The van der Waals surface area contributed by atoms with Crippen molar-refractivity contribution < 1.29 is 19.1 Å². The smallest absolute Gasteiger partial charge is 0.355 e. The number of carbonyl (C=O) groups is 2. The number of amides is 1. The van der Waals surface area contributed by atoms with Gasteiger partial charge in [-0.3, -0.25) is 4.79 Å². The molecule has 33 heavy (non-hydrogen) atoms. The van der Waals surface area contributed by atoms with E-state index in [0.717, 1.165) is 10.1 Å². The highest BCUT2D eigenvalue weighted by Gasteiger charge is 2.19. The van der Waals surface area contributed by atoms with Crippen molar-refractivity contribution in [1.29, 1.82) is 0 Å². The van der Waals surface area contributed by atoms with Gasteiger partial charge in [-0.05, 0) is 76.1 Å². The maximum Gasteiger partial charge on any atom is 0.355 e. The monoisotopic (exact) mass is 542 g/mol. The Morgan fingerprint density at radius 3 is 2.52 bits per heavy atom. The summed E-state index contributed by atoms with van der Waals surface area (Å²) in [6.07, 6.45) is 1.50. The number of hydrogen-bond donors (Lipinski definition) is 1. The molecular formula is C24H16BrClN2O4S. The van der Waals surface area contributed by atoms with E-state index >= 15 is 0 Å². The van der Waals surface area contributed by atoms with Gasteiger partial charge in [0.1, 0.15) is 16.4 Å². The van der Waals surface area contributed by atoms with Gasteiger partial charge in [0.25, 0.3) is 5.91 Å². The van der Waals surface area contributed by atoms with E-state index in [-0.39, 0.29) is 5.91 Å². The molecule has 0 fully saturated rings. The van der Waals surface area contributed by atoms with Crippen molar-refractivity contribution in [3.8, 4) is 11.5 Å². The third-order valence-electron chi connectivity index (χ3n) is 4.61. The van der Waals surface area contributed by atoms with Crippen molar-refractivity contribution >= 4 is 67.0 Å². The van der Waals surface area contributed by atoms with Gasteiger partial charge >= 0.3 is 5.97 Å². The molecule has 0 saturated carbocycles. The van der Waals surface area contributed by atoms with Gasteiger partial charge in [-0.15, -0.1) is 11.3 Å². The number of hydrazone groups is 1. The SMILES string of the molecule is COc1ccc2c(Cl)c(C(=O)Oc3ccc(/C=N/NC(=O)c4ccccc4Br)cc3)sc2c1. The molecule has 1 N–H and O–H groups in total. The van der Waals surface area contributed by atoms with Crippen LogP contribution in [0.25, 0.3) is 10.1 Å². The molecule has 0 aliphatic heterocycles. The first kappa shape index (κ1) is 23.0. The van der Waals surface area contributed by atoms with Crippen molar-refractivity contribution in [2.45, 2.75) is 0 Å². The van der Waals surface area contributed by atoms with E-state index in [2.05, 4.69) is 26.5 Å². The molecule has 4 aromatic rings. The third-order valence-corrected chi connectivity index (χ3v) is 6.94. The molecule has 0 unspecified atom stereocenters. The Kier molecular flexibility index (Phi) is 7.08. The fraction of sp³-hybridized carbons (Fsp3) is 0.0417. The molecule has 1 aromatic heterocycles. The Morgan fingerprint density at radius 1 is 1.06 bits per heavy atom. The molecule has 0 saturated heterocycles. The number of carbonyl (C=O) groups excluding carboxylic acids is 2. The Morgan fingerprint density at radius 2 is 1.79 bits per heavy atom. The average Bonchev–Trinajstić information content (AvgIpc) is 3.16. The second-order valence-electron chi connectivity index (χ2n) is 6.74. The average molecular weight is 544 g/mol. The molecule has 4 rings (SSSR count). The topological polar surface area (TPSA) is 77.0 Å². The van der Waals surface area contributed by atoms with Gasteiger partial charge in [0.05, 0.1) is 23.9 Å². The van der Waals surface area contributed by atoms with Crippen LogP contribution < -0.4 is 14.9 Å². The highest BCUT2D eigenvalue weighted by atomic mass is 79.9. The van der Waals surface area contributed by atoms with Crippen LogP contribution in [0.4, 0.5) is 0 Å². The molecular weight excluding hydrogens is 528 g/mol. The predicted octanol–water partition coefficient (Wildman–Crippen LogP) is 6.31. The van der Waals surface area contributed by atoms with E-state index < -0.39 is 5.97 Å². The van der Waals surface area contributed by atoms with Gasteiger partial charge in [-0.25, -0.2) is 10.2 Å². The van der Waals surface area contributed by atoms with Crippen LogP contribution in [0, 0.1) is 0 Å². The number of nitrogens with one attached hydrogen (secondary N) is 1. The minimum atomic E-state index is -0.540. The van der Waals surface area contributed by atoms with Crippen molar-refractivity contribution in [2.24, 2.45) is 5.10 Å². The predicted molar refractivity (Wildman–Crippen MR) is 134 cm³/mol. The van der Waals surface area contributed by atoms with Gasteiger partial charge in [0.15, 0.2) is 0 Å². The maximum absolute atomic E-state index is 12.6. The van der Waals surface area contributed by atoms with Crippen molar-refractivity contribution in [1.82, 2.24) is 5.43 Å². The minimum Gasteiger partial charge on any atom is -0.497 e. The summed E-state index contributed by atoms with van der Waals surface area (Å²) in [4.78, 5) is 25.1. The van der Waals surface area contributed by atoms with Crippen LogP contribution in [0.1, 0.15) is 25.6 Å². The second-order valence-corrected chi connectivity index (χ2v) is 9.03. The highest BCUT2D eigenvalue weighted by molar-refractivity contribution is 9.10. The maximum atomic E-state index is 12.6. The van der Waals surface area contributed by atoms with Crippen molar-refractivity contribution in [3.05, 3.63) is 92.2 Å². The first-order chi connectivity index (χ1) is 16.0. The summed E-state index contributed by atoms with van der Waals surface area (Å²) in [6.45, 7) is 0. The Bertz CT molecular complexity index is 1370. The summed E-state index contributed by atoms with van der Waals surface area (Å²) in [5, 5.41) is 5.09. The number of fused-ring (bicyclic) bond motifs is 1. The molecule has 0 bridgehead atoms. The summed E-state index contributed by atoms with van der Waals surface area (Å²) in [5.74, 6) is 0.176. The quantitative estimate of drug-likeness (QED) is 0.134. The molecule has 1 heterocycles. The Balaban J connectivity index is 1.40. The van der Waals surface area contributed by atoms with Crippen LogP contribution in [-0.4, -0.2) is 25.2 Å². The summed E-state index contributed by atoms with van der Waals surface area (Å²) >= 11 is 11.0. The second kappa shape index (κ2) is 10.2. The normalized spacial score (nSPS) is 11.0. The molecule has 0 aliphatic rings. The van der Waals surface area contributed by atoms with Gasteiger partial charge in [0.2, 0.25) is 0 Å². The third kappa shape index (κ3) is 5.24. The number of methoxy groups -OCH3 is 1. The summed E-state index contributed by atoms with van der Waals surface area (Å²) in [7, 11) is 1.58. The molecule has 3 aromatic carbocycles. The van der Waals surface area contributed by atoms with Gasteiger partial charge in [-0.2, -0.15) is 5.10 Å². The fourth-order valence-corrected chi connectivity index (χ4v) is 4.83. The molecule has 1 amide bonds. The largest absolute Gasteiger partial charge is 0.497 e. The Labute approximate surface area is 206 Å². The molecule has 6 nitrogen and oxygen atoms in total. The van der Waals surface area contributed by atoms with Crippen LogP contribution in [-0.2, 0) is 0 Å². The van der Waals surface area contributed by atoms with Gasteiger partial charge < -0.3 is 9.47 Å². The van der Waals surface area contributed by atoms with Crippen LogP contribution in [0.3, 0.4) is 0 Å². The van der Waals surface area contributed by atoms with E-state index in [1.54, 1.807) is 55.6 Å². The zero-order chi connectivity index (χ0) is 23.4. The van der Waals surface area contributed by atoms with Crippen LogP contribution in [0.15, 0.2) is 76.3 Å². The van der Waals surface area contributed by atoms with E-state index in [4.69, 9.17) is 21.1 Å². The number of nitrogens with zero attached hydrogens (tertiary/aromatic N) is 1. The van der Waals surface area contributed by atoms with Crippen LogP contribution in [0.5, 0.6) is 11.5 Å². The number of benzene rings is 3. The van der Waals surface area contributed by atoms with Gasteiger partial charge in [-0.1, -0.05) is 23.7 Å². The first-order valence-corrected chi connectivity index (χ1v) is 11.6. The lowest BCUT2D eigenvalue weighted by Crippen LogP contribution is -2.18. The number of rotatable bonds is 6. The lowest BCUT2D eigenvalue weighted by atomic mass is 10.2. The van der Waals surface area contributed by atoms with Crippen molar-refractivity contribution in [2.75, 3.05) is 7.11 Å². The highest BCUT2D eigenvalue weighted by Crippen LogP contribution is 2.37. The zero-order valence-electron chi connectivity index (χ0n) is 17.2. The lowest BCUT2D eigenvalue weighted by molar-refractivity contribution is 0.0739. The van der Waals surface area contributed by atoms with E-state index in [9.17, 15) is 9.59 Å². The molecule has 9 heteroatoms. The minimum absolute atomic E-state index is 0.320. The molecule has 0 aliphatic carbocycles. The van der Waals surface area contributed by atoms with Crippen LogP contribution >= 0.6 is 38.9 Å². The van der Waals surface area contributed by atoms with Crippen molar-refractivity contribution in [3.63, 3.8) is 0 Å². The number of ether oxygens (including phenoxy) is 2. The fourth-order valence-electron chi connectivity index (χ4n) is 2.95. The van der Waals surface area contributed by atoms with Crippen LogP contribution in [0.2, 0.25) is 5.02 Å². The van der Waals surface area contributed by atoms with E-state index in [0.29, 0.717) is 37.0 Å². The number of thiophene rings is 1. The number of esters is 1. The summed E-state index contributed by atoms with van der Waals surface area (Å²) in [5.41, 5.74) is 3.68. The molecule has 0 radical (unpaired) electrons. The zero-order valence-corrected chi connectivity index (χ0v) is 20.3. The number of halogens is 2. The van der Waals surface area contributed by atoms with E-state index in [1.165, 1.54) is 17.6 Å². The lowest BCUT2D eigenvalue weighted by Gasteiger charge is -2.04. The molecule has 0 spiro atoms. The summed E-state index contributed by atoms with van der Waals surface area (Å²) < 4.78 is 12.2. The number of hydrogen-bond acceptors (Lipinski definition) is 6. The van der Waals surface area contributed by atoms with Gasteiger partial charge in [0, 0.05) is 14.6 Å². The molecule has 0 atom stereocenters. The molecule has 166 valence electrons. The first-order valence-electron chi connectivity index (χ1n) is 9.62. The summed E-state index contributed by atoms with van der Waals surface area (Å²) in [6, 6.07) is 19.2. The standard InChI is InChI=1S/C24H16BrClN2O4S/c1-31-16-10-11-18-20(12-16)33-22(21(18)26)24(30)32-15-8-6-14(7-9-15)13-27-28-23(29)17-4-2-3-5-19(17)25/h2-13H,1H3,(H,28,29)/b27-13+. The van der Waals surface area contributed by atoms with E-state index in [1.807, 2.05) is 18.2 Å².